The second-order valence-electron chi connectivity index (χ2n) is 27.0. The molecule has 1 fully saturated rings. The molecule has 0 unspecified atom stereocenters. The molecular formula is C66H117N11O14S. The summed E-state index contributed by atoms with van der Waals surface area (Å²) in [7, 11) is 9.75. The van der Waals surface area contributed by atoms with E-state index >= 15 is 14.4 Å². The van der Waals surface area contributed by atoms with Crippen molar-refractivity contribution in [3.8, 4) is 0 Å². The predicted octanol–water partition coefficient (Wildman–Crippen LogP) is 3.69. The SMILES string of the molecule is C/C=C/C[C@@H](C)[C@@H](O)[C@H]1C(=O)N[C@@H](CC)C(=O)N(C)CC(=O)N(C)[C@@H]([C@@H](C)OCCCCSC(C)=O)C(=O)N[C@@H](C(C)C)C(=O)N(C)[C@@H](CC(C)C)C(=O)N[C@@H](C)C(=O)N[C@H](C)C(=O)N(C)[C@@H](CC(C)C)C(=O)N(C)[C@H](CC(C)C)C(=O)N(C)[C@H](C(C)C)C(=O)N1C. The maximum atomic E-state index is 15.2. The zero-order chi connectivity index (χ0) is 71.1. The molecule has 1 aliphatic rings. The van der Waals surface area contributed by atoms with Crippen LogP contribution in [-0.2, 0) is 62.3 Å². The molecule has 0 aliphatic carbocycles. The Labute approximate surface area is 553 Å². The van der Waals surface area contributed by atoms with Gasteiger partial charge in [-0.15, -0.1) is 0 Å². The maximum absolute atomic E-state index is 15.2. The van der Waals surface area contributed by atoms with Crippen LogP contribution in [-0.4, -0.2) is 250 Å². The summed E-state index contributed by atoms with van der Waals surface area (Å²) in [4.78, 5) is 182. The van der Waals surface area contributed by atoms with Crippen molar-refractivity contribution in [2.24, 2.45) is 35.5 Å². The summed E-state index contributed by atoms with van der Waals surface area (Å²) in [6, 6.07) is -13.0. The van der Waals surface area contributed by atoms with Crippen LogP contribution in [0.1, 0.15) is 163 Å². The Bertz CT molecular complexity index is 2530. The second kappa shape index (κ2) is 39.5. The zero-order valence-electron chi connectivity index (χ0n) is 59.9. The number of thioether (sulfide) groups is 1. The van der Waals surface area contributed by atoms with Crippen LogP contribution >= 0.6 is 11.8 Å². The van der Waals surface area contributed by atoms with Crippen LogP contribution in [0, 0.1) is 35.5 Å². The lowest BCUT2D eigenvalue weighted by Gasteiger charge is -2.41. The molecule has 26 heteroatoms. The number of amides is 11. The van der Waals surface area contributed by atoms with Crippen LogP contribution in [0.5, 0.6) is 0 Å². The van der Waals surface area contributed by atoms with Crippen molar-refractivity contribution in [3.63, 3.8) is 0 Å². The van der Waals surface area contributed by atoms with Crippen LogP contribution in [0.4, 0.5) is 0 Å². The molecule has 25 nitrogen and oxygen atoms in total. The Morgan fingerprint density at radius 3 is 1.52 bits per heavy atom. The molecule has 0 spiro atoms. The van der Waals surface area contributed by atoms with Crippen molar-refractivity contribution in [1.82, 2.24) is 55.6 Å². The van der Waals surface area contributed by atoms with E-state index in [-0.39, 0.29) is 61.6 Å². The van der Waals surface area contributed by atoms with Crippen molar-refractivity contribution >= 4 is 81.9 Å². The lowest BCUT2D eigenvalue weighted by molar-refractivity contribution is -0.157. The van der Waals surface area contributed by atoms with Crippen LogP contribution in [0.15, 0.2) is 12.2 Å². The summed E-state index contributed by atoms with van der Waals surface area (Å²) in [6.07, 6.45) is 2.78. The standard InChI is InChI=1S/C66H117N11O14S/c1-25-27-30-42(13)56(80)55-60(84)69-47(26-2)62(86)71(18)36-51(79)75(22)54(45(16)91-31-28-29-32-92-46(17)78)59(83)70-52(40(9)10)65(89)72(19)48(33-37(3)4)58(82)67-43(14)57(81)68-44(15)61(85)73(20)49(34-38(5)6)63(87)74(21)50(35-39(7)8)64(88)76(23)53(41(11)12)66(90)77(55)24/h25,27,37-45,47-50,52-56,80H,26,28-36H2,1-24H3,(H,67,82)(H,68,81)(H,69,84)(H,70,83)/b27-25+/t42-,43+,44-,45-,47+,48+,49+,50-,52+,53-,54+,55+,56-/m1/s1. The zero-order valence-corrected chi connectivity index (χ0v) is 60.7. The number of carbonyl (C=O) groups is 12. The molecule has 92 heavy (non-hydrogen) atoms. The highest BCUT2D eigenvalue weighted by molar-refractivity contribution is 8.13. The lowest BCUT2D eigenvalue weighted by atomic mass is 9.91. The first kappa shape index (κ1) is 83.9. The Morgan fingerprint density at radius 2 is 1.03 bits per heavy atom. The van der Waals surface area contributed by atoms with Gasteiger partial charge in [0.25, 0.3) is 0 Å². The van der Waals surface area contributed by atoms with E-state index in [4.69, 9.17) is 4.74 Å². The van der Waals surface area contributed by atoms with Crippen molar-refractivity contribution in [2.75, 3.05) is 68.2 Å². The molecule has 0 saturated carbocycles. The molecule has 526 valence electrons. The van der Waals surface area contributed by atoms with E-state index in [9.17, 15) is 48.3 Å². The van der Waals surface area contributed by atoms with Crippen molar-refractivity contribution in [1.29, 1.82) is 0 Å². The molecule has 5 N–H and O–H groups in total. The van der Waals surface area contributed by atoms with Crippen LogP contribution < -0.4 is 21.3 Å². The Balaban J connectivity index is 4.38. The number of hydrogen-bond acceptors (Lipinski definition) is 15. The van der Waals surface area contributed by atoms with Crippen molar-refractivity contribution < 1.29 is 67.4 Å². The largest absolute Gasteiger partial charge is 0.390 e. The van der Waals surface area contributed by atoms with Gasteiger partial charge in [-0.3, -0.25) is 57.5 Å². The highest BCUT2D eigenvalue weighted by atomic mass is 32.2. The van der Waals surface area contributed by atoms with Gasteiger partial charge in [0.15, 0.2) is 5.12 Å². The predicted molar refractivity (Wildman–Crippen MR) is 357 cm³/mol. The third-order valence-electron chi connectivity index (χ3n) is 17.0. The lowest BCUT2D eigenvalue weighted by Crippen LogP contribution is -2.63. The average molecular weight is 1320 g/mol. The number of nitrogens with one attached hydrogen (secondary N) is 4. The first-order valence-corrected chi connectivity index (χ1v) is 33.7. The van der Waals surface area contributed by atoms with E-state index in [0.717, 1.165) is 26.5 Å². The highest BCUT2D eigenvalue weighted by Crippen LogP contribution is 2.26. The van der Waals surface area contributed by atoms with E-state index in [1.54, 1.807) is 67.5 Å². The molecule has 1 aliphatic heterocycles. The summed E-state index contributed by atoms with van der Waals surface area (Å²) >= 11 is 1.16. The molecule has 0 bridgehead atoms. The monoisotopic (exact) mass is 1320 g/mol. The van der Waals surface area contributed by atoms with E-state index in [0.29, 0.717) is 18.6 Å². The third kappa shape index (κ3) is 24.6. The molecule has 11 amide bonds. The smallest absolute Gasteiger partial charge is 0.246 e. The number of aliphatic hydroxyl groups is 1. The summed E-state index contributed by atoms with van der Waals surface area (Å²) in [6.45, 7) is 28.5. The van der Waals surface area contributed by atoms with Gasteiger partial charge >= 0.3 is 0 Å². The van der Waals surface area contributed by atoms with Crippen LogP contribution in [0.25, 0.3) is 0 Å². The fourth-order valence-corrected chi connectivity index (χ4v) is 11.9. The summed E-state index contributed by atoms with van der Waals surface area (Å²) in [5, 5.41) is 23.1. The van der Waals surface area contributed by atoms with Gasteiger partial charge in [0, 0.05) is 68.6 Å². The van der Waals surface area contributed by atoms with Gasteiger partial charge in [-0.1, -0.05) is 107 Å². The van der Waals surface area contributed by atoms with E-state index in [1.807, 2.05) is 41.5 Å². The fourth-order valence-electron chi connectivity index (χ4n) is 11.2. The third-order valence-corrected chi connectivity index (χ3v) is 17.9. The van der Waals surface area contributed by atoms with Gasteiger partial charge in [0.1, 0.15) is 60.4 Å². The van der Waals surface area contributed by atoms with Gasteiger partial charge in [-0.2, -0.15) is 0 Å². The molecule has 0 aromatic heterocycles. The molecule has 0 radical (unpaired) electrons. The molecule has 1 rings (SSSR count). The second-order valence-corrected chi connectivity index (χ2v) is 28.3. The van der Waals surface area contributed by atoms with Gasteiger partial charge in [0.2, 0.25) is 65.0 Å². The molecule has 1 saturated heterocycles. The van der Waals surface area contributed by atoms with E-state index < -0.39 is 162 Å². The average Bonchev–Trinajstić information content (AvgIpc) is 0.831. The van der Waals surface area contributed by atoms with Crippen molar-refractivity contribution in [2.45, 2.75) is 235 Å². The quantitative estimate of drug-likeness (QED) is 0.0858. The number of ether oxygens (including phenoxy) is 1. The fraction of sp³-hybridized carbons (Fsp3) is 0.788. The minimum absolute atomic E-state index is 0.0164. The number of nitrogens with zero attached hydrogens (tertiary/aromatic N) is 7. The topological polar surface area (TPSA) is 305 Å². The summed E-state index contributed by atoms with van der Waals surface area (Å²) < 4.78 is 6.19. The van der Waals surface area contributed by atoms with Gasteiger partial charge in [-0.25, -0.2) is 0 Å². The number of unbranched alkanes of at least 4 members (excludes halogenated alkanes) is 1. The molecule has 0 aromatic rings. The van der Waals surface area contributed by atoms with Crippen LogP contribution in [0.3, 0.4) is 0 Å². The van der Waals surface area contributed by atoms with Gasteiger partial charge in [0.05, 0.1) is 18.8 Å². The first-order chi connectivity index (χ1) is 42.6. The number of hydrogen-bond donors (Lipinski definition) is 5. The maximum Gasteiger partial charge on any atom is 0.246 e. The molecule has 13 atom stereocenters. The Kier molecular flexibility index (Phi) is 36.0. The molecule has 0 aromatic carbocycles. The Hall–Kier alpha value is -6.15. The van der Waals surface area contributed by atoms with Gasteiger partial charge < -0.3 is 65.4 Å². The van der Waals surface area contributed by atoms with E-state index in [1.165, 1.54) is 89.7 Å². The number of aliphatic hydroxyl groups excluding tert-OH is 1. The summed E-state index contributed by atoms with van der Waals surface area (Å²) in [5.74, 6) is -9.73. The number of rotatable bonds is 20. The van der Waals surface area contributed by atoms with Gasteiger partial charge in [-0.05, 0) is 108 Å². The highest BCUT2D eigenvalue weighted by Gasteiger charge is 2.46. The first-order valence-electron chi connectivity index (χ1n) is 32.7. The summed E-state index contributed by atoms with van der Waals surface area (Å²) in [5.41, 5.74) is 0. The van der Waals surface area contributed by atoms with E-state index in [2.05, 4.69) is 21.3 Å². The minimum atomic E-state index is -1.64. The minimum Gasteiger partial charge on any atom is -0.390 e. The number of allylic oxidation sites excluding steroid dienone is 2. The number of likely N-dealkylation sites (N-methyl/N-ethyl adjacent to an activating group) is 7. The van der Waals surface area contributed by atoms with Crippen molar-refractivity contribution in [3.05, 3.63) is 12.2 Å². The molecule has 1 heterocycles. The Morgan fingerprint density at radius 1 is 0.554 bits per heavy atom. The van der Waals surface area contributed by atoms with Crippen LogP contribution in [0.2, 0.25) is 0 Å². The number of carbonyl (C=O) groups excluding carboxylic acids is 12. The molecular weight excluding hydrogens is 1200 g/mol. The normalized spacial score (nSPS) is 26.0.